The van der Waals surface area contributed by atoms with Crippen molar-refractivity contribution < 1.29 is 14.7 Å². The third-order valence-electron chi connectivity index (χ3n) is 4.03. The molecule has 1 aliphatic carbocycles. The van der Waals surface area contributed by atoms with Crippen molar-refractivity contribution in [2.45, 2.75) is 39.5 Å². The van der Waals surface area contributed by atoms with Crippen LogP contribution < -0.4 is 5.32 Å². The number of carboxylic acid groups (broad SMARTS) is 1. The molecule has 1 aliphatic rings. The van der Waals surface area contributed by atoms with E-state index in [1.165, 1.54) is 0 Å². The third kappa shape index (κ3) is 3.38. The number of aliphatic carboxylic acids is 1. The van der Waals surface area contributed by atoms with Gasteiger partial charge in [-0.25, -0.2) is 0 Å². The van der Waals surface area contributed by atoms with Crippen molar-refractivity contribution in [1.82, 2.24) is 0 Å². The Morgan fingerprint density at radius 3 is 2.55 bits per heavy atom. The van der Waals surface area contributed by atoms with E-state index < -0.39 is 5.97 Å². The molecule has 4 nitrogen and oxygen atoms in total. The molecule has 0 spiro atoms. The van der Waals surface area contributed by atoms with Gasteiger partial charge in [0.2, 0.25) is 5.91 Å². The number of carbonyl (C=O) groups excluding carboxylic acids is 1. The van der Waals surface area contributed by atoms with Crippen LogP contribution in [-0.2, 0) is 9.59 Å². The minimum atomic E-state index is -0.783. The fourth-order valence-electron chi connectivity index (χ4n) is 2.84. The number of carbonyl (C=O) groups is 2. The summed E-state index contributed by atoms with van der Waals surface area (Å²) in [6.45, 7) is 3.97. The van der Waals surface area contributed by atoms with Crippen molar-refractivity contribution in [3.63, 3.8) is 0 Å². The number of amides is 1. The van der Waals surface area contributed by atoms with Crippen molar-refractivity contribution in [1.29, 1.82) is 0 Å². The lowest BCUT2D eigenvalue weighted by molar-refractivity contribution is -0.143. The molecule has 0 aliphatic heterocycles. The van der Waals surface area contributed by atoms with Crippen molar-refractivity contribution in [3.8, 4) is 0 Å². The Balaban J connectivity index is 2.02. The number of hydrogen-bond donors (Lipinski definition) is 2. The van der Waals surface area contributed by atoms with E-state index in [0.717, 1.165) is 29.7 Å². The van der Waals surface area contributed by atoms with Gasteiger partial charge in [-0.2, -0.15) is 0 Å². The van der Waals surface area contributed by atoms with Crippen LogP contribution >= 0.6 is 0 Å². The Morgan fingerprint density at radius 2 is 1.90 bits per heavy atom. The molecule has 1 amide bonds. The number of anilines is 1. The molecule has 2 atom stereocenters. The summed E-state index contributed by atoms with van der Waals surface area (Å²) in [6, 6.07) is 5.89. The highest BCUT2D eigenvalue weighted by molar-refractivity contribution is 5.93. The summed E-state index contributed by atoms with van der Waals surface area (Å²) in [5.74, 6) is -1.40. The number of rotatable bonds is 3. The van der Waals surface area contributed by atoms with E-state index in [-0.39, 0.29) is 17.7 Å². The Morgan fingerprint density at radius 1 is 1.20 bits per heavy atom. The Bertz CT molecular complexity index is 524. The molecule has 0 radical (unpaired) electrons. The van der Waals surface area contributed by atoms with E-state index in [2.05, 4.69) is 5.32 Å². The summed E-state index contributed by atoms with van der Waals surface area (Å²) in [7, 11) is 0. The first-order chi connectivity index (χ1) is 9.47. The summed E-state index contributed by atoms with van der Waals surface area (Å²) >= 11 is 0. The number of carboxylic acids is 1. The molecular formula is C16H21NO3. The lowest BCUT2D eigenvalue weighted by Gasteiger charge is -2.26. The van der Waals surface area contributed by atoms with Crippen molar-refractivity contribution in [3.05, 3.63) is 29.3 Å². The predicted molar refractivity (Wildman–Crippen MR) is 77.6 cm³/mol. The maximum Gasteiger partial charge on any atom is 0.306 e. The highest BCUT2D eigenvalue weighted by Crippen LogP contribution is 2.30. The van der Waals surface area contributed by atoms with Crippen LogP contribution in [-0.4, -0.2) is 17.0 Å². The molecule has 1 fully saturated rings. The zero-order valence-corrected chi connectivity index (χ0v) is 12.0. The fourth-order valence-corrected chi connectivity index (χ4v) is 2.84. The van der Waals surface area contributed by atoms with E-state index in [0.29, 0.717) is 12.8 Å². The van der Waals surface area contributed by atoms with Gasteiger partial charge in [-0.3, -0.25) is 9.59 Å². The van der Waals surface area contributed by atoms with Gasteiger partial charge < -0.3 is 10.4 Å². The molecule has 20 heavy (non-hydrogen) atoms. The van der Waals surface area contributed by atoms with Gasteiger partial charge in [-0.15, -0.1) is 0 Å². The van der Waals surface area contributed by atoms with Gasteiger partial charge in [-0.1, -0.05) is 24.1 Å². The molecule has 1 aromatic rings. The Hall–Kier alpha value is -1.84. The average molecular weight is 275 g/mol. The molecule has 4 heteroatoms. The van der Waals surface area contributed by atoms with Crippen LogP contribution in [0.2, 0.25) is 0 Å². The molecule has 2 N–H and O–H groups in total. The Labute approximate surface area is 119 Å². The molecule has 0 aromatic heterocycles. The highest BCUT2D eigenvalue weighted by atomic mass is 16.4. The molecule has 1 aromatic carbocycles. The van der Waals surface area contributed by atoms with Crippen LogP contribution in [0.4, 0.5) is 5.69 Å². The Kier molecular flexibility index (Phi) is 4.42. The minimum Gasteiger partial charge on any atom is -0.481 e. The highest BCUT2D eigenvalue weighted by Gasteiger charge is 2.31. The number of hydrogen-bond acceptors (Lipinski definition) is 2. The molecule has 2 unspecified atom stereocenters. The molecule has 108 valence electrons. The monoisotopic (exact) mass is 275 g/mol. The van der Waals surface area contributed by atoms with Crippen molar-refractivity contribution in [2.24, 2.45) is 11.8 Å². The zero-order chi connectivity index (χ0) is 14.7. The minimum absolute atomic E-state index is 0.0529. The topological polar surface area (TPSA) is 66.4 Å². The van der Waals surface area contributed by atoms with Crippen molar-refractivity contribution in [2.75, 3.05) is 5.32 Å². The van der Waals surface area contributed by atoms with Gasteiger partial charge in [0, 0.05) is 11.6 Å². The first-order valence-electron chi connectivity index (χ1n) is 7.08. The van der Waals surface area contributed by atoms with Crippen LogP contribution in [0.3, 0.4) is 0 Å². The van der Waals surface area contributed by atoms with Gasteiger partial charge in [0.05, 0.1) is 5.92 Å². The van der Waals surface area contributed by atoms with Crippen LogP contribution in [0.5, 0.6) is 0 Å². The van der Waals surface area contributed by atoms with E-state index in [9.17, 15) is 9.59 Å². The van der Waals surface area contributed by atoms with Crippen molar-refractivity contribution >= 4 is 17.6 Å². The van der Waals surface area contributed by atoms with E-state index >= 15 is 0 Å². The molecule has 0 bridgehead atoms. The number of nitrogens with one attached hydrogen (secondary N) is 1. The molecule has 2 rings (SSSR count). The van der Waals surface area contributed by atoms with Gasteiger partial charge in [0.25, 0.3) is 0 Å². The van der Waals surface area contributed by atoms with Crippen LogP contribution in [0.25, 0.3) is 0 Å². The maximum absolute atomic E-state index is 12.3. The summed E-state index contributed by atoms with van der Waals surface area (Å²) in [5.41, 5.74) is 3.01. The first-order valence-corrected chi connectivity index (χ1v) is 7.08. The second kappa shape index (κ2) is 6.07. The zero-order valence-electron chi connectivity index (χ0n) is 12.0. The lowest BCUT2D eigenvalue weighted by atomic mass is 9.81. The molecule has 0 heterocycles. The normalized spacial score (nSPS) is 22.3. The molecule has 0 saturated heterocycles. The second-order valence-corrected chi connectivity index (χ2v) is 5.71. The smallest absolute Gasteiger partial charge is 0.306 e. The van der Waals surface area contributed by atoms with Crippen LogP contribution in [0.15, 0.2) is 18.2 Å². The average Bonchev–Trinajstić information content (AvgIpc) is 2.42. The summed E-state index contributed by atoms with van der Waals surface area (Å²) in [4.78, 5) is 23.3. The number of benzene rings is 1. The summed E-state index contributed by atoms with van der Waals surface area (Å²) in [6.07, 6.45) is 2.72. The lowest BCUT2D eigenvalue weighted by Crippen LogP contribution is -2.31. The number of aryl methyl sites for hydroxylation is 2. The largest absolute Gasteiger partial charge is 0.481 e. The van der Waals surface area contributed by atoms with E-state index in [4.69, 9.17) is 5.11 Å². The first kappa shape index (κ1) is 14.6. The second-order valence-electron chi connectivity index (χ2n) is 5.71. The third-order valence-corrected chi connectivity index (χ3v) is 4.03. The SMILES string of the molecule is Cc1ccc(NC(=O)C2CCCC(C(=O)O)C2)c(C)c1. The quantitative estimate of drug-likeness (QED) is 0.890. The van der Waals surface area contributed by atoms with E-state index in [1.54, 1.807) is 0 Å². The maximum atomic E-state index is 12.3. The molecule has 1 saturated carbocycles. The predicted octanol–water partition coefficient (Wildman–Crippen LogP) is 3.13. The van der Waals surface area contributed by atoms with Gasteiger partial charge in [0.1, 0.15) is 0 Å². The summed E-state index contributed by atoms with van der Waals surface area (Å²) < 4.78 is 0. The van der Waals surface area contributed by atoms with Gasteiger partial charge >= 0.3 is 5.97 Å². The standard InChI is InChI=1S/C16H21NO3/c1-10-6-7-14(11(2)8-10)17-15(18)12-4-3-5-13(9-12)16(19)20/h6-8,12-13H,3-5,9H2,1-2H3,(H,17,18)(H,19,20). The van der Waals surface area contributed by atoms with Gasteiger partial charge in [0.15, 0.2) is 0 Å². The fraction of sp³-hybridized carbons (Fsp3) is 0.500. The summed E-state index contributed by atoms with van der Waals surface area (Å²) in [5, 5.41) is 12.0. The van der Waals surface area contributed by atoms with E-state index in [1.807, 2.05) is 32.0 Å². The van der Waals surface area contributed by atoms with Crippen LogP contribution in [0.1, 0.15) is 36.8 Å². The van der Waals surface area contributed by atoms with Gasteiger partial charge in [-0.05, 0) is 44.7 Å². The molecular weight excluding hydrogens is 254 g/mol. The van der Waals surface area contributed by atoms with Crippen LogP contribution in [0, 0.1) is 25.7 Å².